The normalized spacial score (nSPS) is 19.4. The van der Waals surface area contributed by atoms with Crippen LogP contribution in [0.25, 0.3) is 11.1 Å². The average molecular weight is 493 g/mol. The molecule has 2 atom stereocenters. The second-order valence-corrected chi connectivity index (χ2v) is 9.58. The van der Waals surface area contributed by atoms with E-state index in [4.69, 9.17) is 9.47 Å². The molecule has 5 rings (SSSR count). The average Bonchev–Trinajstić information content (AvgIpc) is 3.61. The van der Waals surface area contributed by atoms with Crippen molar-refractivity contribution in [1.82, 2.24) is 10.6 Å². The molecule has 2 unspecified atom stereocenters. The molecule has 1 saturated heterocycles. The minimum absolute atomic E-state index is 0.103. The molecule has 9 heteroatoms. The number of hydrogen-bond acceptors (Lipinski definition) is 6. The van der Waals surface area contributed by atoms with Crippen molar-refractivity contribution < 1.29 is 29.0 Å². The Kier molecular flexibility index (Phi) is 6.27. The molecule has 2 aliphatic rings. The van der Waals surface area contributed by atoms with Crippen LogP contribution in [0.5, 0.6) is 0 Å². The van der Waals surface area contributed by atoms with Crippen molar-refractivity contribution in [1.29, 1.82) is 0 Å². The highest BCUT2D eigenvalue weighted by Crippen LogP contribution is 2.44. The van der Waals surface area contributed by atoms with Crippen LogP contribution in [0.2, 0.25) is 0 Å². The van der Waals surface area contributed by atoms with Crippen LogP contribution in [0.1, 0.15) is 34.4 Å². The van der Waals surface area contributed by atoms with Gasteiger partial charge in [0.05, 0.1) is 6.61 Å². The van der Waals surface area contributed by atoms with Crippen LogP contribution in [-0.4, -0.2) is 48.4 Å². The number of hydrogen-bond donors (Lipinski definition) is 3. The monoisotopic (exact) mass is 492 g/mol. The van der Waals surface area contributed by atoms with Gasteiger partial charge in [0.2, 0.25) is 5.91 Å². The predicted octanol–water partition coefficient (Wildman–Crippen LogP) is 3.69. The highest BCUT2D eigenvalue weighted by molar-refractivity contribution is 7.10. The largest absolute Gasteiger partial charge is 0.479 e. The van der Waals surface area contributed by atoms with Gasteiger partial charge in [-0.1, -0.05) is 54.6 Å². The van der Waals surface area contributed by atoms with Gasteiger partial charge in [0.25, 0.3) is 0 Å². The van der Waals surface area contributed by atoms with E-state index in [2.05, 4.69) is 22.8 Å². The molecule has 3 aromatic rings. The SMILES string of the molecule is O=C(NC(C(=O)NC1(C(=O)O)CCOC1)c1cccs1)OCC1c2ccccc2-c2ccccc21. The Morgan fingerprint density at radius 3 is 2.31 bits per heavy atom. The molecule has 0 saturated carbocycles. The number of nitrogens with one attached hydrogen (secondary N) is 2. The third kappa shape index (κ3) is 4.40. The first kappa shape index (κ1) is 23.1. The fraction of sp³-hybridized carbons (Fsp3) is 0.269. The van der Waals surface area contributed by atoms with Gasteiger partial charge in [-0.3, -0.25) is 4.79 Å². The third-order valence-corrected chi connectivity index (χ3v) is 7.43. The predicted molar refractivity (Wildman–Crippen MR) is 129 cm³/mol. The molecular formula is C26H24N2O6S. The molecule has 8 nitrogen and oxygen atoms in total. The van der Waals surface area contributed by atoms with Gasteiger partial charge < -0.3 is 25.2 Å². The van der Waals surface area contributed by atoms with Gasteiger partial charge >= 0.3 is 12.1 Å². The summed E-state index contributed by atoms with van der Waals surface area (Å²) in [6.07, 6.45) is -0.608. The maximum atomic E-state index is 13.1. The Labute approximate surface area is 205 Å². The highest BCUT2D eigenvalue weighted by Gasteiger charge is 2.45. The Morgan fingerprint density at radius 1 is 1.06 bits per heavy atom. The lowest BCUT2D eigenvalue weighted by molar-refractivity contribution is -0.148. The lowest BCUT2D eigenvalue weighted by Crippen LogP contribution is -2.57. The molecule has 0 radical (unpaired) electrons. The molecule has 35 heavy (non-hydrogen) atoms. The van der Waals surface area contributed by atoms with Gasteiger partial charge in [-0.05, 0) is 33.7 Å². The third-order valence-electron chi connectivity index (χ3n) is 6.49. The molecule has 2 aromatic carbocycles. The van der Waals surface area contributed by atoms with Crippen LogP contribution < -0.4 is 10.6 Å². The summed E-state index contributed by atoms with van der Waals surface area (Å²) in [5.41, 5.74) is 2.88. The summed E-state index contributed by atoms with van der Waals surface area (Å²) in [6.45, 7) is 0.206. The van der Waals surface area contributed by atoms with E-state index in [0.717, 1.165) is 22.3 Å². The summed E-state index contributed by atoms with van der Waals surface area (Å²) in [6, 6.07) is 18.4. The number of rotatable bonds is 7. The number of aliphatic carboxylic acids is 1. The van der Waals surface area contributed by atoms with Gasteiger partial charge in [0.15, 0.2) is 5.54 Å². The van der Waals surface area contributed by atoms with E-state index in [1.807, 2.05) is 36.4 Å². The number of carbonyl (C=O) groups excluding carboxylic acids is 2. The summed E-state index contributed by atoms with van der Waals surface area (Å²) in [5, 5.41) is 16.7. The fourth-order valence-electron chi connectivity index (χ4n) is 4.67. The molecule has 1 aliphatic heterocycles. The summed E-state index contributed by atoms with van der Waals surface area (Å²) >= 11 is 1.28. The van der Waals surface area contributed by atoms with Crippen molar-refractivity contribution in [2.24, 2.45) is 0 Å². The number of alkyl carbamates (subject to hydrolysis) is 1. The van der Waals surface area contributed by atoms with Crippen molar-refractivity contribution in [2.75, 3.05) is 19.8 Å². The van der Waals surface area contributed by atoms with E-state index in [1.54, 1.807) is 17.5 Å². The fourth-order valence-corrected chi connectivity index (χ4v) is 5.45. The van der Waals surface area contributed by atoms with Crippen LogP contribution in [0, 0.1) is 0 Å². The number of carboxylic acids is 1. The summed E-state index contributed by atoms with van der Waals surface area (Å²) in [5.74, 6) is -1.92. The molecular weight excluding hydrogens is 468 g/mol. The van der Waals surface area contributed by atoms with E-state index < -0.39 is 29.6 Å². The highest BCUT2D eigenvalue weighted by atomic mass is 32.1. The molecule has 0 spiro atoms. The Hall–Kier alpha value is -3.69. The molecule has 1 aliphatic carbocycles. The number of ether oxygens (including phenoxy) is 2. The Balaban J connectivity index is 1.30. The second kappa shape index (κ2) is 9.52. The number of benzene rings is 2. The summed E-state index contributed by atoms with van der Waals surface area (Å²) in [7, 11) is 0. The second-order valence-electron chi connectivity index (χ2n) is 8.60. The van der Waals surface area contributed by atoms with Crippen LogP contribution in [-0.2, 0) is 19.1 Å². The number of thiophene rings is 1. The Morgan fingerprint density at radius 2 is 1.74 bits per heavy atom. The minimum atomic E-state index is -1.52. The molecule has 3 N–H and O–H groups in total. The zero-order valence-electron chi connectivity index (χ0n) is 18.7. The van der Waals surface area contributed by atoms with E-state index in [1.165, 1.54) is 11.3 Å². The lowest BCUT2D eigenvalue weighted by Gasteiger charge is -2.27. The first-order chi connectivity index (χ1) is 17.0. The summed E-state index contributed by atoms with van der Waals surface area (Å²) < 4.78 is 10.8. The van der Waals surface area contributed by atoms with E-state index in [-0.39, 0.29) is 32.2 Å². The number of carbonyl (C=O) groups is 3. The van der Waals surface area contributed by atoms with Crippen molar-refractivity contribution in [2.45, 2.75) is 23.9 Å². The maximum absolute atomic E-state index is 13.1. The zero-order chi connectivity index (χ0) is 24.4. The standard InChI is InChI=1S/C26H24N2O6S/c29-23(28-26(24(30)31)11-12-33-15-26)22(21-10-5-13-35-21)27-25(32)34-14-20-18-8-3-1-6-16(18)17-7-2-4-9-19(17)20/h1-10,13,20,22H,11-12,14-15H2,(H,27,32)(H,28,29)(H,30,31). The van der Waals surface area contributed by atoms with Crippen LogP contribution in [0.15, 0.2) is 66.0 Å². The number of amides is 2. The van der Waals surface area contributed by atoms with Crippen molar-refractivity contribution >= 4 is 29.3 Å². The molecule has 180 valence electrons. The first-order valence-corrected chi connectivity index (χ1v) is 12.1. The summed E-state index contributed by atoms with van der Waals surface area (Å²) in [4.78, 5) is 38.4. The van der Waals surface area contributed by atoms with Crippen molar-refractivity contribution in [3.63, 3.8) is 0 Å². The topological polar surface area (TPSA) is 114 Å². The van der Waals surface area contributed by atoms with E-state index >= 15 is 0 Å². The lowest BCUT2D eigenvalue weighted by atomic mass is 9.98. The van der Waals surface area contributed by atoms with Crippen LogP contribution in [0.4, 0.5) is 4.79 Å². The van der Waals surface area contributed by atoms with Gasteiger partial charge in [-0.25, -0.2) is 9.59 Å². The van der Waals surface area contributed by atoms with E-state index in [0.29, 0.717) is 4.88 Å². The quantitative estimate of drug-likeness (QED) is 0.464. The molecule has 2 amide bonds. The van der Waals surface area contributed by atoms with Crippen molar-refractivity contribution in [3.05, 3.63) is 82.0 Å². The van der Waals surface area contributed by atoms with Gasteiger partial charge in [-0.2, -0.15) is 0 Å². The van der Waals surface area contributed by atoms with Crippen LogP contribution >= 0.6 is 11.3 Å². The van der Waals surface area contributed by atoms with Gasteiger partial charge in [-0.15, -0.1) is 11.3 Å². The molecule has 1 fully saturated rings. The Bertz CT molecular complexity index is 1210. The van der Waals surface area contributed by atoms with Gasteiger partial charge in [0, 0.05) is 23.8 Å². The molecule has 1 aromatic heterocycles. The van der Waals surface area contributed by atoms with E-state index in [9.17, 15) is 19.5 Å². The number of carboxylic acid groups (broad SMARTS) is 1. The van der Waals surface area contributed by atoms with Gasteiger partial charge in [0.1, 0.15) is 12.6 Å². The first-order valence-electron chi connectivity index (χ1n) is 11.3. The maximum Gasteiger partial charge on any atom is 0.408 e. The van der Waals surface area contributed by atoms with Crippen molar-refractivity contribution in [3.8, 4) is 11.1 Å². The van der Waals surface area contributed by atoms with Crippen LogP contribution in [0.3, 0.4) is 0 Å². The molecule has 2 heterocycles. The zero-order valence-corrected chi connectivity index (χ0v) is 19.5. The molecule has 0 bridgehead atoms. The number of fused-ring (bicyclic) bond motifs is 3. The minimum Gasteiger partial charge on any atom is -0.479 e. The smallest absolute Gasteiger partial charge is 0.408 e.